The van der Waals surface area contributed by atoms with Gasteiger partial charge in [0.05, 0.1) is 15.7 Å². The molecule has 3 heterocycles. The number of carbonyl (C=O) groups is 2. The quantitative estimate of drug-likeness (QED) is 0.655. The number of nitrogens with zero attached hydrogens (tertiary/aromatic N) is 3. The smallest absolute Gasteiger partial charge is 0.342 e. The summed E-state index contributed by atoms with van der Waals surface area (Å²) in [6, 6.07) is 6.94. The Hall–Kier alpha value is -2.95. The molecule has 1 fully saturated rings. The van der Waals surface area contributed by atoms with Gasteiger partial charge in [-0.3, -0.25) is 14.7 Å². The van der Waals surface area contributed by atoms with Crippen molar-refractivity contribution < 1.29 is 22.8 Å². The van der Waals surface area contributed by atoms with Gasteiger partial charge in [0.15, 0.2) is 0 Å². The lowest BCUT2D eigenvalue weighted by atomic mass is 9.93. The fraction of sp³-hybridized carbons (Fsp3) is 0.368. The highest BCUT2D eigenvalue weighted by Crippen LogP contribution is 2.28. The topological polar surface area (TPSA) is 91.0 Å². The number of alkyl halides is 3. The normalized spacial score (nSPS) is 15.5. The number of H-pyrrole nitrogens is 1. The van der Waals surface area contributed by atoms with Crippen LogP contribution in [-0.4, -0.2) is 57.7 Å². The van der Waals surface area contributed by atoms with Gasteiger partial charge in [-0.25, -0.2) is 4.98 Å². The van der Waals surface area contributed by atoms with Gasteiger partial charge in [-0.15, -0.1) is 11.3 Å². The molecule has 1 aliphatic rings. The number of carbonyl (C=O) groups excluding carboxylic acids is 2. The molecule has 0 atom stereocenters. The first-order chi connectivity index (χ1) is 14.3. The maximum absolute atomic E-state index is 12.8. The Morgan fingerprint density at radius 2 is 2.00 bits per heavy atom. The first kappa shape index (κ1) is 20.3. The molecule has 3 aromatic rings. The van der Waals surface area contributed by atoms with Crippen molar-refractivity contribution in [2.45, 2.75) is 24.9 Å². The third-order valence-corrected chi connectivity index (χ3v) is 5.87. The van der Waals surface area contributed by atoms with E-state index in [-0.39, 0.29) is 17.5 Å². The van der Waals surface area contributed by atoms with Crippen molar-refractivity contribution in [2.75, 3.05) is 19.6 Å². The number of hydrogen-bond donors (Lipinski definition) is 2. The minimum atomic E-state index is -4.47. The van der Waals surface area contributed by atoms with Gasteiger partial charge in [-0.2, -0.15) is 18.3 Å². The molecule has 1 aromatic carbocycles. The summed E-state index contributed by atoms with van der Waals surface area (Å²) >= 11 is 1.48. The molecule has 30 heavy (non-hydrogen) atoms. The molecule has 1 saturated heterocycles. The van der Waals surface area contributed by atoms with Gasteiger partial charge < -0.3 is 10.2 Å². The van der Waals surface area contributed by atoms with Crippen LogP contribution in [0.3, 0.4) is 0 Å². The van der Waals surface area contributed by atoms with E-state index >= 15 is 0 Å². The zero-order valence-electron chi connectivity index (χ0n) is 15.7. The molecule has 2 amide bonds. The van der Waals surface area contributed by atoms with Crippen molar-refractivity contribution >= 4 is 33.4 Å². The van der Waals surface area contributed by atoms with Gasteiger partial charge in [-0.1, -0.05) is 0 Å². The largest absolute Gasteiger partial charge is 0.405 e. The van der Waals surface area contributed by atoms with Gasteiger partial charge in [0.1, 0.15) is 12.2 Å². The molecule has 1 aliphatic heterocycles. The summed E-state index contributed by atoms with van der Waals surface area (Å²) in [6.45, 7) is -0.320. The summed E-state index contributed by atoms with van der Waals surface area (Å²) in [5.41, 5.74) is 3.84. The van der Waals surface area contributed by atoms with Gasteiger partial charge in [-0.05, 0) is 37.1 Å². The van der Waals surface area contributed by atoms with Crippen LogP contribution in [0.4, 0.5) is 13.2 Å². The van der Waals surface area contributed by atoms with Crippen LogP contribution in [0.5, 0.6) is 0 Å². The standard InChI is InChI=1S/C19H18F3N5O2S/c20-19(21,22)9-23-17(28)15-8-14(25-26-15)11-3-5-27(6-4-11)18(29)12-1-2-13-16(7-12)30-10-24-13/h1-2,7-8,10-11H,3-6,9H2,(H,23,28)(H,25,26). The van der Waals surface area contributed by atoms with Crippen molar-refractivity contribution in [3.05, 3.63) is 46.7 Å². The van der Waals surface area contributed by atoms with E-state index < -0.39 is 18.6 Å². The van der Waals surface area contributed by atoms with Crippen molar-refractivity contribution in [1.29, 1.82) is 0 Å². The number of hydrogen-bond acceptors (Lipinski definition) is 5. The molecule has 0 unspecified atom stereocenters. The lowest BCUT2D eigenvalue weighted by Gasteiger charge is -2.31. The number of likely N-dealkylation sites (tertiary alicyclic amines) is 1. The molecular weight excluding hydrogens is 419 g/mol. The second kappa shape index (κ2) is 8.05. The van der Waals surface area contributed by atoms with E-state index in [1.165, 1.54) is 17.4 Å². The minimum absolute atomic E-state index is 0.0411. The van der Waals surface area contributed by atoms with Crippen LogP contribution in [0.15, 0.2) is 29.8 Å². The zero-order valence-corrected chi connectivity index (χ0v) is 16.5. The van der Waals surface area contributed by atoms with Crippen LogP contribution in [0, 0.1) is 0 Å². The number of aromatic amines is 1. The Bertz CT molecular complexity index is 1070. The van der Waals surface area contributed by atoms with Crippen LogP contribution >= 0.6 is 11.3 Å². The van der Waals surface area contributed by atoms with Gasteiger partial charge in [0.25, 0.3) is 11.8 Å². The monoisotopic (exact) mass is 437 g/mol. The molecule has 0 radical (unpaired) electrons. The van der Waals surface area contributed by atoms with Crippen LogP contribution in [0.25, 0.3) is 10.2 Å². The number of rotatable bonds is 4. The molecular formula is C19H18F3N5O2S. The Labute approximate surface area is 173 Å². The van der Waals surface area contributed by atoms with E-state index in [1.54, 1.807) is 21.8 Å². The molecule has 0 spiro atoms. The third-order valence-electron chi connectivity index (χ3n) is 5.08. The van der Waals surface area contributed by atoms with Crippen LogP contribution in [-0.2, 0) is 0 Å². The number of benzene rings is 1. The average Bonchev–Trinajstić information content (AvgIpc) is 3.40. The van der Waals surface area contributed by atoms with Crippen molar-refractivity contribution in [3.63, 3.8) is 0 Å². The molecule has 2 N–H and O–H groups in total. The maximum atomic E-state index is 12.8. The summed E-state index contributed by atoms with van der Waals surface area (Å²) < 4.78 is 37.7. The van der Waals surface area contributed by atoms with E-state index in [9.17, 15) is 22.8 Å². The van der Waals surface area contributed by atoms with Crippen LogP contribution < -0.4 is 5.32 Å². The number of fused-ring (bicyclic) bond motifs is 1. The van der Waals surface area contributed by atoms with E-state index in [4.69, 9.17) is 0 Å². The Kier molecular flexibility index (Phi) is 5.46. The summed E-state index contributed by atoms with van der Waals surface area (Å²) in [6.07, 6.45) is -3.14. The van der Waals surface area contributed by atoms with E-state index in [1.807, 2.05) is 12.1 Å². The summed E-state index contributed by atoms with van der Waals surface area (Å²) in [5, 5.41) is 8.38. The maximum Gasteiger partial charge on any atom is 0.405 e. The van der Waals surface area contributed by atoms with Crippen molar-refractivity contribution in [2.24, 2.45) is 0 Å². The molecule has 4 rings (SSSR count). The highest BCUT2D eigenvalue weighted by atomic mass is 32.1. The molecule has 11 heteroatoms. The SMILES string of the molecule is O=C(NCC(F)(F)F)c1cc(C2CCN(C(=O)c3ccc4ncsc4c3)CC2)[nH]n1. The minimum Gasteiger partial charge on any atom is -0.342 e. The molecule has 0 saturated carbocycles. The second-order valence-electron chi connectivity index (χ2n) is 7.11. The molecule has 0 bridgehead atoms. The number of nitrogens with one attached hydrogen (secondary N) is 2. The average molecular weight is 437 g/mol. The lowest BCUT2D eigenvalue weighted by Crippen LogP contribution is -2.38. The Morgan fingerprint density at radius 1 is 1.23 bits per heavy atom. The Balaban J connectivity index is 1.35. The first-order valence-corrected chi connectivity index (χ1v) is 10.2. The number of amides is 2. The van der Waals surface area contributed by atoms with E-state index in [2.05, 4.69) is 15.2 Å². The molecule has 7 nitrogen and oxygen atoms in total. The van der Waals surface area contributed by atoms with Crippen molar-refractivity contribution in [3.8, 4) is 0 Å². The summed E-state index contributed by atoms with van der Waals surface area (Å²) in [5.74, 6) is -0.865. The first-order valence-electron chi connectivity index (χ1n) is 9.33. The van der Waals surface area contributed by atoms with E-state index in [0.29, 0.717) is 37.2 Å². The predicted octanol–water partition coefficient (Wildman–Crippen LogP) is 3.33. The summed E-state index contributed by atoms with van der Waals surface area (Å²) in [7, 11) is 0. The van der Waals surface area contributed by atoms with Gasteiger partial charge >= 0.3 is 6.18 Å². The van der Waals surface area contributed by atoms with Gasteiger partial charge in [0.2, 0.25) is 0 Å². The fourth-order valence-corrected chi connectivity index (χ4v) is 4.21. The second-order valence-corrected chi connectivity index (χ2v) is 7.99. The van der Waals surface area contributed by atoms with Crippen molar-refractivity contribution in [1.82, 2.24) is 25.4 Å². The molecule has 2 aromatic heterocycles. The molecule has 158 valence electrons. The highest BCUT2D eigenvalue weighted by molar-refractivity contribution is 7.16. The molecule has 0 aliphatic carbocycles. The van der Waals surface area contributed by atoms with Crippen LogP contribution in [0.1, 0.15) is 45.3 Å². The fourth-order valence-electron chi connectivity index (χ4n) is 3.50. The zero-order chi connectivity index (χ0) is 21.3. The number of piperidine rings is 1. The third kappa shape index (κ3) is 4.45. The van der Waals surface area contributed by atoms with Gasteiger partial charge in [0, 0.05) is 30.3 Å². The van der Waals surface area contributed by atoms with Crippen LogP contribution in [0.2, 0.25) is 0 Å². The number of aromatic nitrogens is 3. The summed E-state index contributed by atoms with van der Waals surface area (Å²) in [4.78, 5) is 30.6. The number of halogens is 3. The Morgan fingerprint density at radius 3 is 2.73 bits per heavy atom. The highest BCUT2D eigenvalue weighted by Gasteiger charge is 2.29. The van der Waals surface area contributed by atoms with E-state index in [0.717, 1.165) is 10.2 Å². The lowest BCUT2D eigenvalue weighted by molar-refractivity contribution is -0.123. The predicted molar refractivity (Wildman–Crippen MR) is 104 cm³/mol. The number of thiazole rings is 1.